The zero-order valence-electron chi connectivity index (χ0n) is 13.6. The standard InChI is InChI=1S/C18H17BrClNO3S/c1-2-24-18(23)13-5-8-16(15(20)9-13)21-17(22)11-25-10-12-3-6-14(19)7-4-12/h3-9H,2,10-11H2,1H3,(H,21,22). The molecule has 0 atom stereocenters. The van der Waals surface area contributed by atoms with Gasteiger partial charge in [-0.25, -0.2) is 4.79 Å². The van der Waals surface area contributed by atoms with Crippen LogP contribution in [0, 0.1) is 0 Å². The van der Waals surface area contributed by atoms with Crippen molar-refractivity contribution in [3.63, 3.8) is 0 Å². The van der Waals surface area contributed by atoms with Crippen molar-refractivity contribution >= 4 is 56.9 Å². The summed E-state index contributed by atoms with van der Waals surface area (Å²) in [4.78, 5) is 23.7. The van der Waals surface area contributed by atoms with Gasteiger partial charge in [-0.2, -0.15) is 0 Å². The summed E-state index contributed by atoms with van der Waals surface area (Å²) in [5, 5.41) is 3.06. The molecule has 0 radical (unpaired) electrons. The first-order valence-electron chi connectivity index (χ1n) is 7.58. The van der Waals surface area contributed by atoms with Crippen molar-refractivity contribution in [1.82, 2.24) is 0 Å². The van der Waals surface area contributed by atoms with Crippen molar-refractivity contribution in [2.24, 2.45) is 0 Å². The van der Waals surface area contributed by atoms with Crippen molar-refractivity contribution in [2.75, 3.05) is 17.7 Å². The minimum atomic E-state index is -0.438. The van der Waals surface area contributed by atoms with Gasteiger partial charge < -0.3 is 10.1 Å². The molecule has 2 aromatic carbocycles. The quantitative estimate of drug-likeness (QED) is 0.602. The van der Waals surface area contributed by atoms with Crippen LogP contribution in [0.15, 0.2) is 46.9 Å². The number of esters is 1. The summed E-state index contributed by atoms with van der Waals surface area (Å²) >= 11 is 11.0. The lowest BCUT2D eigenvalue weighted by atomic mass is 10.2. The summed E-state index contributed by atoms with van der Waals surface area (Å²) in [5.41, 5.74) is 1.98. The molecule has 0 unspecified atom stereocenters. The molecule has 0 aliphatic rings. The number of nitrogens with one attached hydrogen (secondary N) is 1. The van der Waals surface area contributed by atoms with Gasteiger partial charge in [-0.1, -0.05) is 39.7 Å². The minimum Gasteiger partial charge on any atom is -0.462 e. The van der Waals surface area contributed by atoms with Crippen LogP contribution in [0.1, 0.15) is 22.8 Å². The molecular formula is C18H17BrClNO3S. The van der Waals surface area contributed by atoms with Gasteiger partial charge in [-0.3, -0.25) is 4.79 Å². The molecule has 2 rings (SSSR count). The van der Waals surface area contributed by atoms with E-state index >= 15 is 0 Å². The lowest BCUT2D eigenvalue weighted by molar-refractivity contribution is -0.113. The second kappa shape index (κ2) is 9.85. The van der Waals surface area contributed by atoms with Crippen LogP contribution in [0.3, 0.4) is 0 Å². The Morgan fingerprint density at radius 2 is 1.92 bits per heavy atom. The maximum Gasteiger partial charge on any atom is 0.338 e. The summed E-state index contributed by atoms with van der Waals surface area (Å²) in [6.07, 6.45) is 0. The topological polar surface area (TPSA) is 55.4 Å². The Balaban J connectivity index is 1.85. The van der Waals surface area contributed by atoms with Crippen molar-refractivity contribution in [1.29, 1.82) is 0 Å². The minimum absolute atomic E-state index is 0.145. The third kappa shape index (κ3) is 6.38. The molecule has 132 valence electrons. The average Bonchev–Trinajstić information content (AvgIpc) is 2.58. The molecule has 0 bridgehead atoms. The Morgan fingerprint density at radius 3 is 2.56 bits per heavy atom. The third-order valence-electron chi connectivity index (χ3n) is 3.17. The van der Waals surface area contributed by atoms with Crippen LogP contribution in [0.25, 0.3) is 0 Å². The Kier molecular flexibility index (Phi) is 7.81. The number of amides is 1. The molecule has 1 amide bonds. The average molecular weight is 443 g/mol. The third-order valence-corrected chi connectivity index (χ3v) is 5.01. The van der Waals surface area contributed by atoms with E-state index in [9.17, 15) is 9.59 Å². The van der Waals surface area contributed by atoms with Gasteiger partial charge in [0, 0.05) is 10.2 Å². The molecule has 0 aromatic heterocycles. The number of rotatable bonds is 7. The van der Waals surface area contributed by atoms with E-state index in [1.807, 2.05) is 24.3 Å². The fourth-order valence-electron chi connectivity index (χ4n) is 1.99. The number of halogens is 2. The Hall–Kier alpha value is -1.50. The first-order valence-corrected chi connectivity index (χ1v) is 9.91. The van der Waals surface area contributed by atoms with E-state index in [4.69, 9.17) is 16.3 Å². The van der Waals surface area contributed by atoms with Crippen LogP contribution < -0.4 is 5.32 Å². The largest absolute Gasteiger partial charge is 0.462 e. The lowest BCUT2D eigenvalue weighted by Crippen LogP contribution is -2.15. The monoisotopic (exact) mass is 441 g/mol. The molecule has 1 N–H and O–H groups in total. The maximum atomic E-state index is 12.0. The molecule has 4 nitrogen and oxygen atoms in total. The predicted molar refractivity (Wildman–Crippen MR) is 106 cm³/mol. The highest BCUT2D eigenvalue weighted by molar-refractivity contribution is 9.10. The number of anilines is 1. The molecule has 0 spiro atoms. The Labute approximate surface area is 164 Å². The summed E-state index contributed by atoms with van der Waals surface area (Å²) in [6.45, 7) is 2.03. The van der Waals surface area contributed by atoms with E-state index in [-0.39, 0.29) is 5.91 Å². The molecule has 0 heterocycles. The molecule has 7 heteroatoms. The number of ether oxygens (including phenoxy) is 1. The van der Waals surface area contributed by atoms with Crippen LogP contribution in [-0.4, -0.2) is 24.2 Å². The zero-order chi connectivity index (χ0) is 18.2. The van der Waals surface area contributed by atoms with Gasteiger partial charge in [0.15, 0.2) is 0 Å². The van der Waals surface area contributed by atoms with Crippen LogP contribution >= 0.6 is 39.3 Å². The Morgan fingerprint density at radius 1 is 1.20 bits per heavy atom. The normalized spacial score (nSPS) is 10.4. The second-order valence-corrected chi connectivity index (χ2v) is 7.39. The summed E-state index contributed by atoms with van der Waals surface area (Å²) in [7, 11) is 0. The van der Waals surface area contributed by atoms with E-state index in [1.54, 1.807) is 19.1 Å². The summed E-state index contributed by atoms with van der Waals surface area (Å²) in [5.74, 6) is 0.475. The van der Waals surface area contributed by atoms with E-state index < -0.39 is 5.97 Å². The van der Waals surface area contributed by atoms with E-state index in [0.29, 0.717) is 28.6 Å². The van der Waals surface area contributed by atoms with Crippen molar-refractivity contribution < 1.29 is 14.3 Å². The highest BCUT2D eigenvalue weighted by atomic mass is 79.9. The summed E-state index contributed by atoms with van der Waals surface area (Å²) in [6, 6.07) is 12.6. The fourth-order valence-corrected chi connectivity index (χ4v) is 3.27. The van der Waals surface area contributed by atoms with E-state index in [0.717, 1.165) is 15.8 Å². The second-order valence-electron chi connectivity index (χ2n) is 5.08. The highest BCUT2D eigenvalue weighted by Gasteiger charge is 2.11. The molecule has 0 fully saturated rings. The van der Waals surface area contributed by atoms with Crippen LogP contribution in [0.5, 0.6) is 0 Å². The van der Waals surface area contributed by atoms with Gasteiger partial charge in [0.05, 0.1) is 28.6 Å². The molecule has 0 saturated carbocycles. The lowest BCUT2D eigenvalue weighted by Gasteiger charge is -2.09. The fraction of sp³-hybridized carbons (Fsp3) is 0.222. The van der Waals surface area contributed by atoms with Gasteiger partial charge >= 0.3 is 5.97 Å². The van der Waals surface area contributed by atoms with Gasteiger partial charge in [0.2, 0.25) is 5.91 Å². The van der Waals surface area contributed by atoms with Gasteiger partial charge in [0.25, 0.3) is 0 Å². The van der Waals surface area contributed by atoms with Crippen molar-refractivity contribution in [3.05, 3.63) is 63.1 Å². The number of hydrogen-bond donors (Lipinski definition) is 1. The molecule has 2 aromatic rings. The number of benzene rings is 2. The molecule has 0 aliphatic carbocycles. The van der Waals surface area contributed by atoms with Gasteiger partial charge in [-0.15, -0.1) is 11.8 Å². The van der Waals surface area contributed by atoms with Crippen molar-refractivity contribution in [3.8, 4) is 0 Å². The SMILES string of the molecule is CCOC(=O)c1ccc(NC(=O)CSCc2ccc(Br)cc2)c(Cl)c1. The Bertz CT molecular complexity index is 752. The van der Waals surface area contributed by atoms with Crippen molar-refractivity contribution in [2.45, 2.75) is 12.7 Å². The predicted octanol–water partition coefficient (Wildman–Crippen LogP) is 5.15. The molecule has 0 saturated heterocycles. The smallest absolute Gasteiger partial charge is 0.338 e. The van der Waals surface area contributed by atoms with Crippen LogP contribution in [0.4, 0.5) is 5.69 Å². The molecular weight excluding hydrogens is 426 g/mol. The number of thioether (sulfide) groups is 1. The number of carbonyl (C=O) groups excluding carboxylic acids is 2. The molecule has 25 heavy (non-hydrogen) atoms. The van der Waals surface area contributed by atoms with E-state index in [2.05, 4.69) is 21.2 Å². The van der Waals surface area contributed by atoms with Gasteiger partial charge in [-0.05, 0) is 42.8 Å². The first kappa shape index (κ1) is 19.8. The van der Waals surface area contributed by atoms with Crippen LogP contribution in [-0.2, 0) is 15.3 Å². The highest BCUT2D eigenvalue weighted by Crippen LogP contribution is 2.24. The van der Waals surface area contributed by atoms with Crippen LogP contribution in [0.2, 0.25) is 5.02 Å². The van der Waals surface area contributed by atoms with E-state index in [1.165, 1.54) is 17.8 Å². The first-order chi connectivity index (χ1) is 12.0. The number of carbonyl (C=O) groups is 2. The molecule has 0 aliphatic heterocycles. The maximum absolute atomic E-state index is 12.0. The number of hydrogen-bond acceptors (Lipinski definition) is 4. The summed E-state index contributed by atoms with van der Waals surface area (Å²) < 4.78 is 5.94. The van der Waals surface area contributed by atoms with Gasteiger partial charge in [0.1, 0.15) is 0 Å². The zero-order valence-corrected chi connectivity index (χ0v) is 16.7.